The predicted octanol–water partition coefficient (Wildman–Crippen LogP) is 2.32. The molecule has 1 aromatic carbocycles. The van der Waals surface area contributed by atoms with E-state index < -0.39 is 0 Å². The third-order valence-electron chi connectivity index (χ3n) is 3.55. The Kier molecular flexibility index (Phi) is 3.58. The molecule has 1 saturated heterocycles. The van der Waals surface area contributed by atoms with Crippen LogP contribution < -0.4 is 5.73 Å². The van der Waals surface area contributed by atoms with Crippen molar-refractivity contribution in [1.29, 1.82) is 0 Å². The summed E-state index contributed by atoms with van der Waals surface area (Å²) in [5.74, 6) is 0.714. The summed E-state index contributed by atoms with van der Waals surface area (Å²) in [6.45, 7) is 2.80. The summed E-state index contributed by atoms with van der Waals surface area (Å²) in [6, 6.07) is 5.69. The van der Waals surface area contributed by atoms with Crippen molar-refractivity contribution in [3.8, 4) is 11.4 Å². The van der Waals surface area contributed by atoms with Gasteiger partial charge in [0.1, 0.15) is 0 Å². The lowest BCUT2D eigenvalue weighted by Gasteiger charge is -2.27. The summed E-state index contributed by atoms with van der Waals surface area (Å²) >= 11 is 6.07. The van der Waals surface area contributed by atoms with Crippen LogP contribution in [0.2, 0.25) is 5.02 Å². The largest absolute Gasteiger partial charge is 0.398 e. The molecule has 6 nitrogen and oxygen atoms in total. The number of ether oxygens (including phenoxy) is 1. The summed E-state index contributed by atoms with van der Waals surface area (Å²) in [5, 5.41) is 12.6. The summed E-state index contributed by atoms with van der Waals surface area (Å²) < 4.78 is 7.43. The quantitative estimate of drug-likeness (QED) is 0.860. The number of hydrogen-bond donors (Lipinski definition) is 1. The molecule has 20 heavy (non-hydrogen) atoms. The monoisotopic (exact) mass is 293 g/mol. The van der Waals surface area contributed by atoms with Gasteiger partial charge in [-0.15, -0.1) is 5.10 Å². The molecule has 0 bridgehead atoms. The molecule has 2 unspecified atom stereocenters. The van der Waals surface area contributed by atoms with Crippen LogP contribution >= 0.6 is 11.6 Å². The zero-order valence-electron chi connectivity index (χ0n) is 11.2. The van der Waals surface area contributed by atoms with Gasteiger partial charge in [-0.1, -0.05) is 11.6 Å². The van der Waals surface area contributed by atoms with Gasteiger partial charge in [-0.25, -0.2) is 4.68 Å². The van der Waals surface area contributed by atoms with Crippen LogP contribution in [0, 0.1) is 0 Å². The number of nitrogens with two attached hydrogens (primary N) is 1. The second kappa shape index (κ2) is 5.38. The van der Waals surface area contributed by atoms with Gasteiger partial charge >= 0.3 is 0 Å². The van der Waals surface area contributed by atoms with Gasteiger partial charge in [0.05, 0.1) is 22.9 Å². The lowest BCUT2D eigenvalue weighted by atomic mass is 10.0. The van der Waals surface area contributed by atoms with Gasteiger partial charge in [0.2, 0.25) is 0 Å². The minimum absolute atomic E-state index is 0.223. The van der Waals surface area contributed by atoms with Crippen LogP contribution in [0.1, 0.15) is 25.8 Å². The van der Waals surface area contributed by atoms with E-state index >= 15 is 0 Å². The molecule has 1 aromatic heterocycles. The number of benzene rings is 1. The van der Waals surface area contributed by atoms with Gasteiger partial charge in [0.25, 0.3) is 0 Å². The zero-order chi connectivity index (χ0) is 14.1. The highest BCUT2D eigenvalue weighted by Crippen LogP contribution is 2.30. The van der Waals surface area contributed by atoms with E-state index in [4.69, 9.17) is 22.1 Å². The molecule has 1 aliphatic rings. The van der Waals surface area contributed by atoms with E-state index in [1.807, 2.05) is 10.7 Å². The van der Waals surface area contributed by atoms with E-state index in [1.165, 1.54) is 0 Å². The average molecular weight is 294 g/mol. The van der Waals surface area contributed by atoms with E-state index in [-0.39, 0.29) is 12.1 Å². The van der Waals surface area contributed by atoms with E-state index in [9.17, 15) is 0 Å². The first-order valence-electron chi connectivity index (χ1n) is 6.60. The van der Waals surface area contributed by atoms with Crippen molar-refractivity contribution in [1.82, 2.24) is 20.2 Å². The highest BCUT2D eigenvalue weighted by molar-refractivity contribution is 6.33. The SMILES string of the molecule is CC1CC(n2nnnc2-c2ccc(N)c(Cl)c2)CCO1. The molecule has 3 rings (SSSR count). The molecule has 2 aromatic rings. The Morgan fingerprint density at radius 1 is 1.45 bits per heavy atom. The zero-order valence-corrected chi connectivity index (χ0v) is 11.9. The molecule has 1 aliphatic heterocycles. The van der Waals surface area contributed by atoms with Crippen LogP contribution in [-0.4, -0.2) is 32.9 Å². The molecule has 2 heterocycles. The van der Waals surface area contributed by atoms with Crippen molar-refractivity contribution in [3.63, 3.8) is 0 Å². The van der Waals surface area contributed by atoms with Crippen LogP contribution in [0.15, 0.2) is 18.2 Å². The molecule has 2 atom stereocenters. The molecule has 7 heteroatoms. The van der Waals surface area contributed by atoms with Crippen molar-refractivity contribution in [3.05, 3.63) is 23.2 Å². The minimum Gasteiger partial charge on any atom is -0.398 e. The highest BCUT2D eigenvalue weighted by Gasteiger charge is 2.24. The fourth-order valence-corrected chi connectivity index (χ4v) is 2.67. The van der Waals surface area contributed by atoms with Crippen LogP contribution in [0.4, 0.5) is 5.69 Å². The Bertz CT molecular complexity index is 615. The second-order valence-corrected chi connectivity index (χ2v) is 5.45. The van der Waals surface area contributed by atoms with E-state index in [1.54, 1.807) is 12.1 Å². The molecular weight excluding hydrogens is 278 g/mol. The number of nitrogen functional groups attached to an aromatic ring is 1. The highest BCUT2D eigenvalue weighted by atomic mass is 35.5. The standard InChI is InChI=1S/C13H16ClN5O/c1-8-6-10(4-5-20-8)19-13(16-17-18-19)9-2-3-12(15)11(14)7-9/h2-3,7-8,10H,4-6,15H2,1H3. The lowest BCUT2D eigenvalue weighted by molar-refractivity contribution is 0.00350. The summed E-state index contributed by atoms with van der Waals surface area (Å²) in [7, 11) is 0. The maximum atomic E-state index is 6.07. The first-order valence-corrected chi connectivity index (χ1v) is 6.98. The molecule has 2 N–H and O–H groups in total. The molecule has 106 valence electrons. The Morgan fingerprint density at radius 3 is 3.05 bits per heavy atom. The number of nitrogens with zero attached hydrogens (tertiary/aromatic N) is 4. The number of halogens is 1. The fraction of sp³-hybridized carbons (Fsp3) is 0.462. The van der Waals surface area contributed by atoms with Crippen molar-refractivity contribution in [2.45, 2.75) is 31.9 Å². The van der Waals surface area contributed by atoms with Gasteiger partial charge in [-0.2, -0.15) is 0 Å². The van der Waals surface area contributed by atoms with Crippen LogP contribution in [-0.2, 0) is 4.74 Å². The van der Waals surface area contributed by atoms with Gasteiger partial charge < -0.3 is 10.5 Å². The topological polar surface area (TPSA) is 78.9 Å². The number of rotatable bonds is 2. The maximum Gasteiger partial charge on any atom is 0.182 e. The maximum absolute atomic E-state index is 6.07. The number of hydrogen-bond acceptors (Lipinski definition) is 5. The molecule has 1 fully saturated rings. The summed E-state index contributed by atoms with van der Waals surface area (Å²) in [4.78, 5) is 0. The van der Waals surface area contributed by atoms with Crippen LogP contribution in [0.25, 0.3) is 11.4 Å². The van der Waals surface area contributed by atoms with Crippen molar-refractivity contribution in [2.75, 3.05) is 12.3 Å². The summed E-state index contributed by atoms with van der Waals surface area (Å²) in [5.41, 5.74) is 7.15. The normalized spacial score (nSPS) is 22.9. The molecule has 0 saturated carbocycles. The molecular formula is C13H16ClN5O. The molecule has 0 radical (unpaired) electrons. The average Bonchev–Trinajstić information content (AvgIpc) is 2.91. The third kappa shape index (κ3) is 2.48. The van der Waals surface area contributed by atoms with Gasteiger partial charge in [0.15, 0.2) is 5.82 Å². The third-order valence-corrected chi connectivity index (χ3v) is 3.88. The number of tetrazole rings is 1. The summed E-state index contributed by atoms with van der Waals surface area (Å²) in [6.07, 6.45) is 2.03. The molecule has 0 spiro atoms. The first-order chi connectivity index (χ1) is 9.65. The van der Waals surface area contributed by atoms with Gasteiger partial charge in [0, 0.05) is 12.2 Å². The van der Waals surface area contributed by atoms with Crippen molar-refractivity contribution >= 4 is 17.3 Å². The van der Waals surface area contributed by atoms with E-state index in [0.717, 1.165) is 25.0 Å². The number of anilines is 1. The van der Waals surface area contributed by atoms with Crippen LogP contribution in [0.5, 0.6) is 0 Å². The van der Waals surface area contributed by atoms with Crippen LogP contribution in [0.3, 0.4) is 0 Å². The Balaban J connectivity index is 1.95. The van der Waals surface area contributed by atoms with Crippen molar-refractivity contribution in [2.24, 2.45) is 0 Å². The Labute approximate surface area is 121 Å². The molecule has 0 aliphatic carbocycles. The smallest absolute Gasteiger partial charge is 0.182 e. The van der Waals surface area contributed by atoms with Crippen molar-refractivity contribution < 1.29 is 4.74 Å². The predicted molar refractivity (Wildman–Crippen MR) is 76.4 cm³/mol. The fourth-order valence-electron chi connectivity index (χ4n) is 2.49. The van der Waals surface area contributed by atoms with Gasteiger partial charge in [-0.3, -0.25) is 0 Å². The number of aromatic nitrogens is 4. The van der Waals surface area contributed by atoms with Gasteiger partial charge in [-0.05, 0) is 48.4 Å². The molecule has 0 amide bonds. The van der Waals surface area contributed by atoms with E-state index in [0.29, 0.717) is 16.5 Å². The Hall–Kier alpha value is -1.66. The Morgan fingerprint density at radius 2 is 2.30 bits per heavy atom. The second-order valence-electron chi connectivity index (χ2n) is 5.04. The lowest BCUT2D eigenvalue weighted by Crippen LogP contribution is -2.26. The first kappa shape index (κ1) is 13.3. The minimum atomic E-state index is 0.223. The van der Waals surface area contributed by atoms with E-state index in [2.05, 4.69) is 22.4 Å².